The molecule has 0 aromatic carbocycles. The van der Waals surface area contributed by atoms with Gasteiger partial charge in [0.1, 0.15) is 6.04 Å². The summed E-state index contributed by atoms with van der Waals surface area (Å²) in [5, 5.41) is 11.3. The SMILES string of the molecule is CC(C)=CCC/C(C)=C/CC/C(C)=C/CSCC(NC(=O)CCC(F)(F)F)C(=O)O. The van der Waals surface area contributed by atoms with Crippen LogP contribution in [0.15, 0.2) is 34.9 Å². The van der Waals surface area contributed by atoms with Gasteiger partial charge in [-0.3, -0.25) is 4.79 Å². The molecule has 1 unspecified atom stereocenters. The summed E-state index contributed by atoms with van der Waals surface area (Å²) < 4.78 is 36.4. The highest BCUT2D eigenvalue weighted by Crippen LogP contribution is 2.21. The number of alkyl halides is 3. The molecule has 0 bridgehead atoms. The van der Waals surface area contributed by atoms with Gasteiger partial charge in [0.15, 0.2) is 0 Å². The first-order chi connectivity index (χ1) is 13.9. The summed E-state index contributed by atoms with van der Waals surface area (Å²) in [6.07, 6.45) is 3.97. The van der Waals surface area contributed by atoms with Crippen LogP contribution in [-0.2, 0) is 9.59 Å². The highest BCUT2D eigenvalue weighted by Gasteiger charge is 2.29. The molecule has 0 radical (unpaired) electrons. The van der Waals surface area contributed by atoms with Gasteiger partial charge in [-0.05, 0) is 53.4 Å². The topological polar surface area (TPSA) is 66.4 Å². The Morgan fingerprint density at radius 1 is 0.967 bits per heavy atom. The van der Waals surface area contributed by atoms with Crippen LogP contribution in [0, 0.1) is 0 Å². The van der Waals surface area contributed by atoms with Crippen LogP contribution in [0.4, 0.5) is 13.2 Å². The van der Waals surface area contributed by atoms with E-state index in [9.17, 15) is 22.8 Å². The van der Waals surface area contributed by atoms with Crippen molar-refractivity contribution < 1.29 is 27.9 Å². The molecule has 0 aromatic heterocycles. The lowest BCUT2D eigenvalue weighted by molar-refractivity contribution is -0.146. The van der Waals surface area contributed by atoms with E-state index in [2.05, 4.69) is 38.2 Å². The molecule has 0 aliphatic heterocycles. The fraction of sp³-hybridized carbons (Fsp3) is 0.636. The van der Waals surface area contributed by atoms with Crippen LogP contribution in [0.3, 0.4) is 0 Å². The van der Waals surface area contributed by atoms with Crippen molar-refractivity contribution in [3.05, 3.63) is 34.9 Å². The van der Waals surface area contributed by atoms with E-state index in [4.69, 9.17) is 5.11 Å². The zero-order chi connectivity index (χ0) is 23.2. The largest absolute Gasteiger partial charge is 0.480 e. The van der Waals surface area contributed by atoms with E-state index >= 15 is 0 Å². The average Bonchev–Trinajstić information content (AvgIpc) is 2.61. The molecule has 2 N–H and O–H groups in total. The third-order valence-corrected chi connectivity index (χ3v) is 5.20. The van der Waals surface area contributed by atoms with Crippen molar-refractivity contribution in [2.45, 2.75) is 78.4 Å². The Kier molecular flexibility index (Phi) is 14.3. The van der Waals surface area contributed by atoms with Crippen molar-refractivity contribution in [3.63, 3.8) is 0 Å². The number of allylic oxidation sites excluding steroid dienone is 5. The van der Waals surface area contributed by atoms with Crippen LogP contribution in [0.5, 0.6) is 0 Å². The van der Waals surface area contributed by atoms with Gasteiger partial charge in [0, 0.05) is 17.9 Å². The number of hydrogen-bond donors (Lipinski definition) is 2. The molecule has 1 amide bonds. The molecule has 30 heavy (non-hydrogen) atoms. The maximum Gasteiger partial charge on any atom is 0.389 e. The number of carbonyl (C=O) groups is 2. The summed E-state index contributed by atoms with van der Waals surface area (Å²) in [6, 6.07) is -1.20. The zero-order valence-corrected chi connectivity index (χ0v) is 19.1. The Labute approximate surface area is 182 Å². The highest BCUT2D eigenvalue weighted by atomic mass is 32.2. The molecule has 0 fully saturated rings. The monoisotopic (exact) mass is 449 g/mol. The standard InChI is InChI=1S/C22H34F3NO3S/c1-16(2)7-5-8-17(3)9-6-10-18(4)12-14-30-15-19(21(28)29)26-20(27)11-13-22(23,24)25/h7,9,12,19H,5-6,8,10-11,13-15H2,1-4H3,(H,26,27)(H,28,29)/b17-9+,18-12+. The molecule has 0 aliphatic carbocycles. The minimum atomic E-state index is -4.44. The molecule has 8 heteroatoms. The van der Waals surface area contributed by atoms with E-state index in [1.165, 1.54) is 28.5 Å². The Morgan fingerprint density at radius 3 is 2.07 bits per heavy atom. The molecule has 1 atom stereocenters. The van der Waals surface area contributed by atoms with E-state index in [-0.39, 0.29) is 5.75 Å². The predicted octanol–water partition coefficient (Wildman–Crippen LogP) is 6.05. The number of carboxylic acid groups (broad SMARTS) is 1. The maximum absolute atomic E-state index is 12.1. The van der Waals surface area contributed by atoms with Gasteiger partial charge in [0.05, 0.1) is 6.42 Å². The second-order valence-corrected chi connectivity index (χ2v) is 8.65. The van der Waals surface area contributed by atoms with Gasteiger partial charge in [-0.15, -0.1) is 0 Å². The molecule has 0 rings (SSSR count). The molecule has 4 nitrogen and oxygen atoms in total. The first-order valence-electron chi connectivity index (χ1n) is 10.0. The van der Waals surface area contributed by atoms with Crippen LogP contribution < -0.4 is 5.32 Å². The van der Waals surface area contributed by atoms with Gasteiger partial charge in [0.25, 0.3) is 0 Å². The van der Waals surface area contributed by atoms with E-state index in [0.717, 1.165) is 25.7 Å². The lowest BCUT2D eigenvalue weighted by Crippen LogP contribution is -2.42. The third kappa shape index (κ3) is 17.2. The lowest BCUT2D eigenvalue weighted by Gasteiger charge is -2.14. The highest BCUT2D eigenvalue weighted by molar-refractivity contribution is 7.99. The van der Waals surface area contributed by atoms with Crippen molar-refractivity contribution in [1.29, 1.82) is 0 Å². The minimum absolute atomic E-state index is 0.0975. The van der Waals surface area contributed by atoms with E-state index in [1.807, 2.05) is 13.0 Å². The van der Waals surface area contributed by atoms with Crippen LogP contribution in [0.25, 0.3) is 0 Å². The summed E-state index contributed by atoms with van der Waals surface area (Å²) >= 11 is 1.32. The first kappa shape index (κ1) is 28.3. The Morgan fingerprint density at radius 2 is 1.53 bits per heavy atom. The zero-order valence-electron chi connectivity index (χ0n) is 18.3. The smallest absolute Gasteiger partial charge is 0.389 e. The van der Waals surface area contributed by atoms with Gasteiger partial charge >= 0.3 is 12.1 Å². The van der Waals surface area contributed by atoms with Gasteiger partial charge in [-0.2, -0.15) is 24.9 Å². The number of thioether (sulfide) groups is 1. The Bertz CT molecular complexity index is 636. The lowest BCUT2D eigenvalue weighted by atomic mass is 10.1. The first-order valence-corrected chi connectivity index (χ1v) is 11.2. The Hall–Kier alpha value is -1.70. The fourth-order valence-electron chi connectivity index (χ4n) is 2.42. The molecule has 0 saturated carbocycles. The molecule has 0 heterocycles. The summed E-state index contributed by atoms with van der Waals surface area (Å²) in [5.74, 6) is -1.48. The van der Waals surface area contributed by atoms with Crippen molar-refractivity contribution >= 4 is 23.6 Å². The summed E-state index contributed by atoms with van der Waals surface area (Å²) in [5.41, 5.74) is 3.88. The van der Waals surface area contributed by atoms with Gasteiger partial charge in [0.2, 0.25) is 5.91 Å². The minimum Gasteiger partial charge on any atom is -0.480 e. The second kappa shape index (κ2) is 15.2. The Balaban J connectivity index is 4.24. The number of carbonyl (C=O) groups excluding carboxylic acids is 1. The molecule has 0 saturated heterocycles. The van der Waals surface area contributed by atoms with Gasteiger partial charge in [-0.1, -0.05) is 34.9 Å². The summed E-state index contributed by atoms with van der Waals surface area (Å²) in [7, 11) is 0. The summed E-state index contributed by atoms with van der Waals surface area (Å²) in [4.78, 5) is 22.7. The summed E-state index contributed by atoms with van der Waals surface area (Å²) in [6.45, 7) is 8.32. The number of amides is 1. The van der Waals surface area contributed by atoms with Gasteiger partial charge in [-0.25, -0.2) is 4.79 Å². The molecule has 0 aliphatic rings. The number of rotatable bonds is 14. The van der Waals surface area contributed by atoms with Crippen LogP contribution >= 0.6 is 11.8 Å². The van der Waals surface area contributed by atoms with Crippen LogP contribution in [0.2, 0.25) is 0 Å². The number of nitrogens with one attached hydrogen (secondary N) is 1. The van der Waals surface area contributed by atoms with Crippen molar-refractivity contribution in [2.24, 2.45) is 0 Å². The average molecular weight is 450 g/mol. The molecular weight excluding hydrogens is 415 g/mol. The molecule has 0 spiro atoms. The van der Waals surface area contributed by atoms with Crippen molar-refractivity contribution in [2.75, 3.05) is 11.5 Å². The quantitative estimate of drug-likeness (QED) is 0.250. The number of halogens is 3. The molecule has 0 aromatic rings. The van der Waals surface area contributed by atoms with Crippen LogP contribution in [-0.4, -0.2) is 40.7 Å². The fourth-order valence-corrected chi connectivity index (χ4v) is 3.42. The normalized spacial score (nSPS) is 13.7. The second-order valence-electron chi connectivity index (χ2n) is 7.57. The van der Waals surface area contributed by atoms with Crippen molar-refractivity contribution in [1.82, 2.24) is 5.32 Å². The molecule has 172 valence electrons. The van der Waals surface area contributed by atoms with E-state index < -0.39 is 36.9 Å². The van der Waals surface area contributed by atoms with Crippen molar-refractivity contribution in [3.8, 4) is 0 Å². The number of carboxylic acids is 1. The third-order valence-electron chi connectivity index (χ3n) is 4.23. The van der Waals surface area contributed by atoms with Gasteiger partial charge < -0.3 is 10.4 Å². The number of aliphatic carboxylic acids is 1. The van der Waals surface area contributed by atoms with Crippen LogP contribution in [0.1, 0.15) is 66.2 Å². The van der Waals surface area contributed by atoms with E-state index in [1.54, 1.807) is 0 Å². The molecular formula is C22H34F3NO3S. The van der Waals surface area contributed by atoms with E-state index in [0.29, 0.717) is 5.75 Å². The number of hydrogen-bond acceptors (Lipinski definition) is 3. The maximum atomic E-state index is 12.1. The predicted molar refractivity (Wildman–Crippen MR) is 118 cm³/mol.